The summed E-state index contributed by atoms with van der Waals surface area (Å²) in [4.78, 5) is 33.6. The Bertz CT molecular complexity index is 507. The molecule has 0 aliphatic heterocycles. The summed E-state index contributed by atoms with van der Waals surface area (Å²) in [6.45, 7) is 3.10. The Morgan fingerprint density at radius 2 is 1.89 bits per heavy atom. The minimum absolute atomic E-state index is 0.233. The Morgan fingerprint density at radius 3 is 2.42 bits per heavy atom. The first-order valence-corrected chi connectivity index (χ1v) is 5.48. The molecule has 0 radical (unpaired) electrons. The average Bonchev–Trinajstić information content (AvgIpc) is 2.26. The summed E-state index contributed by atoms with van der Waals surface area (Å²) in [6, 6.07) is 3.71. The maximum Gasteiger partial charge on any atom is 0.338 e. The number of hydrogen-bond acceptors (Lipinski definition) is 5. The molecule has 0 saturated carbocycles. The van der Waals surface area contributed by atoms with Crippen LogP contribution >= 0.6 is 0 Å². The lowest BCUT2D eigenvalue weighted by atomic mass is 10.1. The molecule has 19 heavy (non-hydrogen) atoms. The summed E-state index contributed by atoms with van der Waals surface area (Å²) in [5, 5.41) is 1.82. The minimum atomic E-state index is -1.14. The van der Waals surface area contributed by atoms with E-state index < -0.39 is 24.0 Å². The third kappa shape index (κ3) is 4.30. The van der Waals surface area contributed by atoms with Crippen molar-refractivity contribution in [2.45, 2.75) is 20.0 Å². The van der Waals surface area contributed by atoms with Gasteiger partial charge in [0.1, 0.15) is 0 Å². The van der Waals surface area contributed by atoms with Crippen molar-refractivity contribution in [2.24, 2.45) is 5.73 Å². The second-order valence-corrected chi connectivity index (χ2v) is 4.03. The zero-order chi connectivity index (χ0) is 14.6. The highest BCUT2D eigenvalue weighted by molar-refractivity contribution is 5.98. The molecule has 3 amide bonds. The summed E-state index contributed by atoms with van der Waals surface area (Å²) in [5.74, 6) is -1.50. The van der Waals surface area contributed by atoms with Crippen molar-refractivity contribution >= 4 is 23.6 Å². The fraction of sp³-hybridized carbons (Fsp3) is 0.250. The molecular weight excluding hydrogens is 250 g/mol. The van der Waals surface area contributed by atoms with Crippen molar-refractivity contribution in [1.29, 1.82) is 0 Å². The van der Waals surface area contributed by atoms with Crippen molar-refractivity contribution in [3.63, 3.8) is 0 Å². The molecule has 0 spiro atoms. The number of amides is 3. The highest BCUT2D eigenvalue weighted by atomic mass is 16.5. The molecule has 1 rings (SSSR count). The number of benzene rings is 1. The van der Waals surface area contributed by atoms with Crippen LogP contribution in [-0.4, -0.2) is 24.0 Å². The Balaban J connectivity index is 2.74. The van der Waals surface area contributed by atoms with Gasteiger partial charge in [0, 0.05) is 5.69 Å². The number of ether oxygens (including phenoxy) is 1. The van der Waals surface area contributed by atoms with Crippen molar-refractivity contribution in [3.8, 4) is 0 Å². The molecular formula is C12H15N3O4. The lowest BCUT2D eigenvalue weighted by Gasteiger charge is -2.12. The number of nitrogens with one attached hydrogen (secondary N) is 1. The van der Waals surface area contributed by atoms with Gasteiger partial charge in [-0.1, -0.05) is 0 Å². The van der Waals surface area contributed by atoms with Crippen LogP contribution in [0.1, 0.15) is 22.8 Å². The number of carbonyl (C=O) groups is 3. The number of hydrogen-bond donors (Lipinski definition) is 3. The molecule has 7 heteroatoms. The molecule has 0 aliphatic rings. The highest BCUT2D eigenvalue weighted by Gasteiger charge is 2.20. The van der Waals surface area contributed by atoms with E-state index in [-0.39, 0.29) is 5.56 Å². The number of aryl methyl sites for hydroxylation is 1. The van der Waals surface area contributed by atoms with Crippen molar-refractivity contribution < 1.29 is 19.1 Å². The Hall–Kier alpha value is -2.57. The fourth-order valence-electron chi connectivity index (χ4n) is 1.44. The average molecular weight is 265 g/mol. The van der Waals surface area contributed by atoms with Gasteiger partial charge in [0.2, 0.25) is 0 Å². The summed E-state index contributed by atoms with van der Waals surface area (Å²) in [5.41, 5.74) is 11.8. The lowest BCUT2D eigenvalue weighted by Crippen LogP contribution is -2.42. The number of urea groups is 1. The third-order valence-electron chi connectivity index (χ3n) is 2.23. The number of nitrogen functional groups attached to an aromatic ring is 1. The summed E-state index contributed by atoms with van der Waals surface area (Å²) in [7, 11) is 0. The standard InChI is InChI=1S/C12H15N3O4/c1-6-3-8(5-9(13)4-6)11(17)19-7(2)10(16)15-12(14)18/h3-5,7H,13H2,1-2H3,(H3,14,15,16,18). The predicted octanol–water partition coefficient (Wildman–Crippen LogP) is 0.317. The van der Waals surface area contributed by atoms with E-state index in [1.807, 2.05) is 5.32 Å². The number of primary amides is 1. The molecule has 0 aliphatic carbocycles. The maximum absolute atomic E-state index is 11.8. The van der Waals surface area contributed by atoms with E-state index in [9.17, 15) is 14.4 Å². The van der Waals surface area contributed by atoms with Crippen LogP contribution in [0, 0.1) is 6.92 Å². The molecule has 1 aromatic carbocycles. The molecule has 0 saturated heterocycles. The van der Waals surface area contributed by atoms with E-state index in [1.54, 1.807) is 19.1 Å². The zero-order valence-electron chi connectivity index (χ0n) is 10.6. The normalized spacial score (nSPS) is 11.5. The number of carbonyl (C=O) groups excluding carboxylic acids is 3. The molecule has 0 bridgehead atoms. The second-order valence-electron chi connectivity index (χ2n) is 4.03. The Morgan fingerprint density at radius 1 is 1.26 bits per heavy atom. The van der Waals surface area contributed by atoms with Crippen molar-refractivity contribution in [2.75, 3.05) is 5.73 Å². The number of imide groups is 1. The highest BCUT2D eigenvalue weighted by Crippen LogP contribution is 2.13. The van der Waals surface area contributed by atoms with Crippen LogP contribution in [0.5, 0.6) is 0 Å². The Kier molecular flexibility index (Phi) is 4.46. The quantitative estimate of drug-likeness (QED) is 0.536. The van der Waals surface area contributed by atoms with Crippen molar-refractivity contribution in [1.82, 2.24) is 5.32 Å². The summed E-state index contributed by atoms with van der Waals surface area (Å²) in [6.07, 6.45) is -1.14. The van der Waals surface area contributed by atoms with Gasteiger partial charge in [-0.3, -0.25) is 10.1 Å². The smallest absolute Gasteiger partial charge is 0.338 e. The van der Waals surface area contributed by atoms with Crippen LogP contribution < -0.4 is 16.8 Å². The molecule has 0 fully saturated rings. The molecule has 1 aromatic rings. The van der Waals surface area contributed by atoms with Crippen LogP contribution in [-0.2, 0) is 9.53 Å². The molecule has 0 aromatic heterocycles. The van der Waals surface area contributed by atoms with Crippen LogP contribution in [0.2, 0.25) is 0 Å². The topological polar surface area (TPSA) is 125 Å². The first-order chi connectivity index (χ1) is 8.79. The van der Waals surface area contributed by atoms with Gasteiger partial charge < -0.3 is 16.2 Å². The third-order valence-corrected chi connectivity index (χ3v) is 2.23. The van der Waals surface area contributed by atoms with E-state index in [2.05, 4.69) is 0 Å². The number of esters is 1. The van der Waals surface area contributed by atoms with Gasteiger partial charge in [-0.25, -0.2) is 9.59 Å². The minimum Gasteiger partial charge on any atom is -0.449 e. The number of anilines is 1. The predicted molar refractivity (Wildman–Crippen MR) is 68.2 cm³/mol. The Labute approximate surface area is 109 Å². The molecule has 7 nitrogen and oxygen atoms in total. The molecule has 1 atom stereocenters. The number of nitrogens with two attached hydrogens (primary N) is 2. The SMILES string of the molecule is Cc1cc(N)cc(C(=O)OC(C)C(=O)NC(N)=O)c1. The number of rotatable bonds is 3. The van der Waals surface area contributed by atoms with Crippen LogP contribution in [0.15, 0.2) is 18.2 Å². The van der Waals surface area contributed by atoms with E-state index in [4.69, 9.17) is 16.2 Å². The van der Waals surface area contributed by atoms with Gasteiger partial charge in [0.05, 0.1) is 5.56 Å². The molecule has 102 valence electrons. The van der Waals surface area contributed by atoms with E-state index in [1.165, 1.54) is 13.0 Å². The molecule has 5 N–H and O–H groups in total. The van der Waals surface area contributed by atoms with Gasteiger partial charge in [-0.2, -0.15) is 0 Å². The van der Waals surface area contributed by atoms with E-state index >= 15 is 0 Å². The van der Waals surface area contributed by atoms with Gasteiger partial charge in [0.25, 0.3) is 5.91 Å². The zero-order valence-corrected chi connectivity index (χ0v) is 10.6. The molecule has 1 unspecified atom stereocenters. The van der Waals surface area contributed by atoms with E-state index in [0.29, 0.717) is 5.69 Å². The van der Waals surface area contributed by atoms with E-state index in [0.717, 1.165) is 5.56 Å². The van der Waals surface area contributed by atoms with Crippen LogP contribution in [0.3, 0.4) is 0 Å². The van der Waals surface area contributed by atoms with Gasteiger partial charge in [-0.15, -0.1) is 0 Å². The van der Waals surface area contributed by atoms with Gasteiger partial charge in [0.15, 0.2) is 6.10 Å². The fourth-order valence-corrected chi connectivity index (χ4v) is 1.44. The monoisotopic (exact) mass is 265 g/mol. The summed E-state index contributed by atoms with van der Waals surface area (Å²) < 4.78 is 4.89. The van der Waals surface area contributed by atoms with Crippen molar-refractivity contribution in [3.05, 3.63) is 29.3 Å². The first-order valence-electron chi connectivity index (χ1n) is 5.48. The molecule has 0 heterocycles. The maximum atomic E-state index is 11.8. The van der Waals surface area contributed by atoms with Gasteiger partial charge in [-0.05, 0) is 37.6 Å². The lowest BCUT2D eigenvalue weighted by molar-refractivity contribution is -0.127. The first kappa shape index (κ1) is 14.5. The van der Waals surface area contributed by atoms with Crippen LogP contribution in [0.25, 0.3) is 0 Å². The van der Waals surface area contributed by atoms with Crippen LogP contribution in [0.4, 0.5) is 10.5 Å². The summed E-state index contributed by atoms with van der Waals surface area (Å²) >= 11 is 0. The van der Waals surface area contributed by atoms with Gasteiger partial charge >= 0.3 is 12.0 Å². The second kappa shape index (κ2) is 5.85. The largest absolute Gasteiger partial charge is 0.449 e.